The Morgan fingerprint density at radius 3 is 2.16 bits per heavy atom. The SMILES string of the molecule is O=C(CCc1ccccc1)Nc1ccc(S(=O)(=O)Nc2cccc(C(F)(F)F)c2)cc1. The van der Waals surface area contributed by atoms with Gasteiger partial charge in [0.15, 0.2) is 0 Å². The molecule has 0 heterocycles. The minimum atomic E-state index is -4.58. The topological polar surface area (TPSA) is 75.3 Å². The molecule has 0 saturated heterocycles. The second-order valence-electron chi connectivity index (χ2n) is 6.74. The number of halogens is 3. The molecule has 3 aromatic rings. The highest BCUT2D eigenvalue weighted by atomic mass is 32.2. The summed E-state index contributed by atoms with van der Waals surface area (Å²) in [6.07, 6.45) is -3.75. The molecular formula is C22H19F3N2O3S. The third kappa shape index (κ3) is 6.32. The average Bonchev–Trinajstić information content (AvgIpc) is 2.73. The Hall–Kier alpha value is -3.33. The van der Waals surface area contributed by atoms with E-state index in [0.717, 1.165) is 23.8 Å². The summed E-state index contributed by atoms with van der Waals surface area (Å²) in [5.41, 5.74) is 0.283. The standard InChI is InChI=1S/C22H19F3N2O3S/c23-22(24,25)17-7-4-8-19(15-17)27-31(29,30)20-12-10-18(11-13-20)26-21(28)14-9-16-5-2-1-3-6-16/h1-8,10-13,15,27H,9,14H2,(H,26,28). The first-order valence-corrected chi connectivity index (χ1v) is 10.8. The van der Waals surface area contributed by atoms with Gasteiger partial charge in [0.05, 0.1) is 10.5 Å². The highest BCUT2D eigenvalue weighted by Gasteiger charge is 2.30. The van der Waals surface area contributed by atoms with E-state index in [0.29, 0.717) is 12.1 Å². The molecular weight excluding hydrogens is 429 g/mol. The Morgan fingerprint density at radius 1 is 0.839 bits per heavy atom. The Bertz CT molecular complexity index is 1150. The fourth-order valence-corrected chi connectivity index (χ4v) is 3.87. The van der Waals surface area contributed by atoms with Gasteiger partial charge in [0, 0.05) is 17.8 Å². The quantitative estimate of drug-likeness (QED) is 0.530. The van der Waals surface area contributed by atoms with Crippen molar-refractivity contribution in [3.63, 3.8) is 0 Å². The molecule has 0 saturated carbocycles. The minimum absolute atomic E-state index is 0.146. The fourth-order valence-electron chi connectivity index (χ4n) is 2.82. The fraction of sp³-hybridized carbons (Fsp3) is 0.136. The molecule has 0 aliphatic carbocycles. The van der Waals surface area contributed by atoms with Gasteiger partial charge in [-0.3, -0.25) is 9.52 Å². The summed E-state index contributed by atoms with van der Waals surface area (Å²) < 4.78 is 65.5. The van der Waals surface area contributed by atoms with Crippen LogP contribution in [0.15, 0.2) is 83.8 Å². The van der Waals surface area contributed by atoms with Crippen molar-refractivity contribution >= 4 is 27.3 Å². The third-order valence-electron chi connectivity index (χ3n) is 4.37. The van der Waals surface area contributed by atoms with Gasteiger partial charge >= 0.3 is 6.18 Å². The van der Waals surface area contributed by atoms with Crippen molar-refractivity contribution < 1.29 is 26.4 Å². The number of amides is 1. The van der Waals surface area contributed by atoms with Crippen LogP contribution in [0.4, 0.5) is 24.5 Å². The Kier molecular flexibility index (Phi) is 6.65. The monoisotopic (exact) mass is 448 g/mol. The van der Waals surface area contributed by atoms with Gasteiger partial charge in [-0.25, -0.2) is 8.42 Å². The number of anilines is 2. The summed E-state index contributed by atoms with van der Waals surface area (Å²) in [6, 6.07) is 18.8. The number of sulfonamides is 1. The van der Waals surface area contributed by atoms with Crippen LogP contribution in [-0.2, 0) is 27.4 Å². The van der Waals surface area contributed by atoms with E-state index in [2.05, 4.69) is 10.0 Å². The highest BCUT2D eigenvalue weighted by Crippen LogP contribution is 2.31. The van der Waals surface area contributed by atoms with E-state index >= 15 is 0 Å². The van der Waals surface area contributed by atoms with Crippen molar-refractivity contribution in [2.75, 3.05) is 10.0 Å². The van der Waals surface area contributed by atoms with Crippen LogP contribution in [0.1, 0.15) is 17.5 Å². The van der Waals surface area contributed by atoms with Gasteiger partial charge in [-0.15, -0.1) is 0 Å². The maximum absolute atomic E-state index is 12.8. The van der Waals surface area contributed by atoms with E-state index in [1.165, 1.54) is 30.3 Å². The molecule has 0 unspecified atom stereocenters. The zero-order chi connectivity index (χ0) is 22.5. The molecule has 0 bridgehead atoms. The van der Waals surface area contributed by atoms with Gasteiger partial charge in [0.25, 0.3) is 10.0 Å². The molecule has 5 nitrogen and oxygen atoms in total. The molecule has 9 heteroatoms. The van der Waals surface area contributed by atoms with Crippen LogP contribution in [0.5, 0.6) is 0 Å². The van der Waals surface area contributed by atoms with Crippen LogP contribution < -0.4 is 10.0 Å². The van der Waals surface area contributed by atoms with Crippen LogP contribution in [0.25, 0.3) is 0 Å². The van der Waals surface area contributed by atoms with Crippen molar-refractivity contribution in [2.24, 2.45) is 0 Å². The number of aryl methyl sites for hydroxylation is 1. The highest BCUT2D eigenvalue weighted by molar-refractivity contribution is 7.92. The zero-order valence-corrected chi connectivity index (χ0v) is 17.0. The molecule has 2 N–H and O–H groups in total. The predicted octanol–water partition coefficient (Wildman–Crippen LogP) is 5.08. The number of hydrogen-bond acceptors (Lipinski definition) is 3. The largest absolute Gasteiger partial charge is 0.416 e. The molecule has 0 radical (unpaired) electrons. The van der Waals surface area contributed by atoms with Crippen molar-refractivity contribution in [3.8, 4) is 0 Å². The average molecular weight is 448 g/mol. The van der Waals surface area contributed by atoms with E-state index in [1.54, 1.807) is 0 Å². The molecule has 31 heavy (non-hydrogen) atoms. The van der Waals surface area contributed by atoms with Gasteiger partial charge in [-0.1, -0.05) is 36.4 Å². The molecule has 0 fully saturated rings. The van der Waals surface area contributed by atoms with Gasteiger partial charge in [0.2, 0.25) is 5.91 Å². The maximum Gasteiger partial charge on any atom is 0.416 e. The molecule has 1 amide bonds. The Morgan fingerprint density at radius 2 is 1.52 bits per heavy atom. The first-order valence-electron chi connectivity index (χ1n) is 9.27. The molecule has 0 aromatic heterocycles. The molecule has 0 aliphatic rings. The van der Waals surface area contributed by atoms with Gasteiger partial charge in [-0.05, 0) is 54.4 Å². The lowest BCUT2D eigenvalue weighted by Gasteiger charge is -2.12. The van der Waals surface area contributed by atoms with Crippen molar-refractivity contribution in [1.29, 1.82) is 0 Å². The normalized spacial score (nSPS) is 11.7. The van der Waals surface area contributed by atoms with Crippen LogP contribution in [0.3, 0.4) is 0 Å². The Labute approximate surface area is 178 Å². The lowest BCUT2D eigenvalue weighted by Crippen LogP contribution is -2.15. The van der Waals surface area contributed by atoms with E-state index in [9.17, 15) is 26.4 Å². The lowest BCUT2D eigenvalue weighted by atomic mass is 10.1. The van der Waals surface area contributed by atoms with Crippen LogP contribution >= 0.6 is 0 Å². The summed E-state index contributed by atoms with van der Waals surface area (Å²) in [5, 5.41) is 2.69. The number of rotatable bonds is 7. The second-order valence-corrected chi connectivity index (χ2v) is 8.42. The Balaban J connectivity index is 1.63. The van der Waals surface area contributed by atoms with Crippen molar-refractivity contribution in [1.82, 2.24) is 0 Å². The van der Waals surface area contributed by atoms with Crippen molar-refractivity contribution in [2.45, 2.75) is 23.9 Å². The molecule has 0 atom stereocenters. The molecule has 3 aromatic carbocycles. The number of hydrogen-bond donors (Lipinski definition) is 2. The van der Waals surface area contributed by atoms with Gasteiger partial charge < -0.3 is 5.32 Å². The van der Waals surface area contributed by atoms with Crippen LogP contribution in [0.2, 0.25) is 0 Å². The predicted molar refractivity (Wildman–Crippen MR) is 112 cm³/mol. The number of carbonyl (C=O) groups is 1. The first kappa shape index (κ1) is 22.4. The summed E-state index contributed by atoms with van der Waals surface area (Å²) in [7, 11) is -4.10. The summed E-state index contributed by atoms with van der Waals surface area (Å²) in [5.74, 6) is -0.221. The van der Waals surface area contributed by atoms with Gasteiger partial charge in [0.1, 0.15) is 0 Å². The minimum Gasteiger partial charge on any atom is -0.326 e. The van der Waals surface area contributed by atoms with E-state index in [4.69, 9.17) is 0 Å². The third-order valence-corrected chi connectivity index (χ3v) is 5.77. The summed E-state index contributed by atoms with van der Waals surface area (Å²) in [4.78, 5) is 11.9. The molecule has 0 aliphatic heterocycles. The van der Waals surface area contributed by atoms with E-state index < -0.39 is 21.8 Å². The van der Waals surface area contributed by atoms with Crippen molar-refractivity contribution in [3.05, 3.63) is 90.0 Å². The number of benzene rings is 3. The number of carbonyl (C=O) groups excluding carboxylic acids is 1. The number of nitrogens with one attached hydrogen (secondary N) is 2. The first-order chi connectivity index (χ1) is 14.6. The summed E-state index contributed by atoms with van der Waals surface area (Å²) in [6.45, 7) is 0. The molecule has 0 spiro atoms. The van der Waals surface area contributed by atoms with Crippen LogP contribution in [0, 0.1) is 0 Å². The second kappa shape index (κ2) is 9.22. The molecule has 3 rings (SSSR count). The summed E-state index contributed by atoms with van der Waals surface area (Å²) >= 11 is 0. The van der Waals surface area contributed by atoms with Gasteiger partial charge in [-0.2, -0.15) is 13.2 Å². The van der Waals surface area contributed by atoms with E-state index in [1.807, 2.05) is 30.3 Å². The van der Waals surface area contributed by atoms with E-state index in [-0.39, 0.29) is 22.9 Å². The zero-order valence-electron chi connectivity index (χ0n) is 16.2. The lowest BCUT2D eigenvalue weighted by molar-refractivity contribution is -0.137. The van der Waals surface area contributed by atoms with Crippen LogP contribution in [-0.4, -0.2) is 14.3 Å². The smallest absolute Gasteiger partial charge is 0.326 e. The maximum atomic E-state index is 12.8. The molecule has 162 valence electrons. The number of alkyl halides is 3.